The molecule has 0 rings (SSSR count). The first-order valence-electron chi connectivity index (χ1n) is 19.4. The quantitative estimate of drug-likeness (QED) is 0.0318. The minimum absolute atomic E-state index is 0.166. The van der Waals surface area contributed by atoms with E-state index in [1.165, 1.54) is 109 Å². The van der Waals surface area contributed by atoms with Gasteiger partial charge in [0.05, 0.1) is 18.8 Å². The Morgan fingerprint density at radius 1 is 0.543 bits per heavy atom. The van der Waals surface area contributed by atoms with Gasteiger partial charge >= 0.3 is 0 Å². The molecular weight excluding hydrogens is 570 g/mol. The second-order valence-electron chi connectivity index (χ2n) is 13.1. The Balaban J connectivity index is 3.74. The van der Waals surface area contributed by atoms with Crippen molar-refractivity contribution in [2.75, 3.05) is 6.61 Å². The number of hydrogen-bond acceptors (Lipinski definition) is 4. The van der Waals surface area contributed by atoms with E-state index in [1.807, 2.05) is 0 Å². The molecule has 0 aliphatic rings. The largest absolute Gasteiger partial charge is 0.394 e. The average molecular weight is 646 g/mol. The number of rotatable bonds is 34. The Morgan fingerprint density at radius 3 is 1.50 bits per heavy atom. The van der Waals surface area contributed by atoms with Crippen LogP contribution in [-0.4, -0.2) is 46.1 Å². The molecule has 0 saturated carbocycles. The highest BCUT2D eigenvalue weighted by atomic mass is 16.3. The number of nitrogens with one attached hydrogen (secondary N) is 1. The number of aliphatic hydroxyl groups excluding tert-OH is 3. The maximum absolute atomic E-state index is 12.4. The van der Waals surface area contributed by atoms with E-state index in [-0.39, 0.29) is 12.5 Å². The summed E-state index contributed by atoms with van der Waals surface area (Å²) in [5.74, 6) is -0.166. The maximum atomic E-state index is 12.4. The molecule has 0 aliphatic carbocycles. The third kappa shape index (κ3) is 30.9. The van der Waals surface area contributed by atoms with Gasteiger partial charge < -0.3 is 20.6 Å². The number of hydrogen-bond donors (Lipinski definition) is 4. The van der Waals surface area contributed by atoms with Gasteiger partial charge in [-0.3, -0.25) is 4.79 Å². The molecule has 0 fully saturated rings. The van der Waals surface area contributed by atoms with Crippen LogP contribution in [0.4, 0.5) is 0 Å². The van der Waals surface area contributed by atoms with E-state index >= 15 is 0 Å². The number of unbranched alkanes of at least 4 members (excludes halogenated alkanes) is 19. The molecule has 4 N–H and O–H groups in total. The van der Waals surface area contributed by atoms with Gasteiger partial charge in [-0.05, 0) is 77.0 Å². The molecule has 0 spiro atoms. The van der Waals surface area contributed by atoms with E-state index in [2.05, 4.69) is 67.8 Å². The molecular formula is C41H75NO4. The van der Waals surface area contributed by atoms with Crippen LogP contribution in [0.25, 0.3) is 0 Å². The summed E-state index contributed by atoms with van der Waals surface area (Å²) in [6.07, 6.45) is 44.9. The molecule has 1 amide bonds. The van der Waals surface area contributed by atoms with Crippen LogP contribution in [0.5, 0.6) is 0 Å². The highest BCUT2D eigenvalue weighted by Gasteiger charge is 2.26. The molecule has 0 aromatic heterocycles. The van der Waals surface area contributed by atoms with Crippen LogP contribution < -0.4 is 5.32 Å². The lowest BCUT2D eigenvalue weighted by Gasteiger charge is -2.26. The number of amides is 1. The molecule has 0 aliphatic heterocycles. The predicted molar refractivity (Wildman–Crippen MR) is 199 cm³/mol. The molecule has 46 heavy (non-hydrogen) atoms. The highest BCUT2D eigenvalue weighted by molar-refractivity contribution is 5.76. The Labute approximate surface area is 285 Å². The maximum Gasteiger partial charge on any atom is 0.220 e. The van der Waals surface area contributed by atoms with E-state index in [9.17, 15) is 20.1 Å². The zero-order chi connectivity index (χ0) is 33.8. The molecule has 5 nitrogen and oxygen atoms in total. The minimum Gasteiger partial charge on any atom is -0.394 e. The van der Waals surface area contributed by atoms with Crippen LogP contribution in [0.2, 0.25) is 0 Å². The fourth-order valence-electron chi connectivity index (χ4n) is 5.58. The average Bonchev–Trinajstić information content (AvgIpc) is 3.06. The van der Waals surface area contributed by atoms with Crippen LogP contribution in [0.1, 0.15) is 181 Å². The molecule has 0 aromatic rings. The number of carbonyl (C=O) groups excluding carboxylic acids is 1. The number of aliphatic hydroxyl groups is 3. The summed E-state index contributed by atoms with van der Waals surface area (Å²) in [5.41, 5.74) is 0. The van der Waals surface area contributed by atoms with E-state index in [0.717, 1.165) is 44.9 Å². The summed E-state index contributed by atoms with van der Waals surface area (Å²) in [4.78, 5) is 12.4. The lowest BCUT2D eigenvalue weighted by Crippen LogP contribution is -2.50. The lowest BCUT2D eigenvalue weighted by atomic mass is 10.0. The summed E-state index contributed by atoms with van der Waals surface area (Å²) in [5, 5.41) is 33.3. The molecule has 5 heteroatoms. The van der Waals surface area contributed by atoms with Crippen molar-refractivity contribution in [3.05, 3.63) is 48.6 Å². The standard InChI is InChI=1S/C41H75NO4/c1-3-5-7-9-11-13-15-17-18-19-20-21-22-24-26-28-30-32-34-36-40(45)42-38(37-43)41(46)39(44)35-33-31-29-27-25-23-16-14-12-10-8-6-4-2/h11,13-17,27,29,38-39,41,43-44,46H,3-10,12,18-26,28,30-37H2,1-2H3,(H,42,45)/b13-11-,16-14+,17-15-,29-27+. The smallest absolute Gasteiger partial charge is 0.220 e. The van der Waals surface area contributed by atoms with Gasteiger partial charge in [0.2, 0.25) is 5.91 Å². The van der Waals surface area contributed by atoms with Crippen molar-refractivity contribution in [3.63, 3.8) is 0 Å². The summed E-state index contributed by atoms with van der Waals surface area (Å²) in [6, 6.07) is -0.833. The predicted octanol–water partition coefficient (Wildman–Crippen LogP) is 10.6. The van der Waals surface area contributed by atoms with Crippen LogP contribution in [0, 0.1) is 0 Å². The molecule has 3 atom stereocenters. The molecule has 0 bridgehead atoms. The van der Waals surface area contributed by atoms with Crippen LogP contribution in [-0.2, 0) is 4.79 Å². The van der Waals surface area contributed by atoms with E-state index in [1.54, 1.807) is 0 Å². The van der Waals surface area contributed by atoms with Gasteiger partial charge in [0, 0.05) is 6.42 Å². The SMILES string of the molecule is CCCCC/C=C\C=C/CCCCCCCCCCCCC(=O)NC(CO)C(O)C(O)CCC/C=C/CC/C=C/CCCCCC. The third-order valence-electron chi connectivity index (χ3n) is 8.66. The molecule has 0 aromatic carbocycles. The van der Waals surface area contributed by atoms with Gasteiger partial charge in [0.1, 0.15) is 6.10 Å². The second-order valence-corrected chi connectivity index (χ2v) is 13.1. The summed E-state index contributed by atoms with van der Waals surface area (Å²) < 4.78 is 0. The van der Waals surface area contributed by atoms with Crippen LogP contribution in [0.3, 0.4) is 0 Å². The Hall–Kier alpha value is -1.69. The lowest BCUT2D eigenvalue weighted by molar-refractivity contribution is -0.124. The Morgan fingerprint density at radius 2 is 0.957 bits per heavy atom. The van der Waals surface area contributed by atoms with Crippen molar-refractivity contribution in [1.29, 1.82) is 0 Å². The second kappa shape index (κ2) is 36.2. The summed E-state index contributed by atoms with van der Waals surface area (Å²) in [6.45, 7) is 4.09. The summed E-state index contributed by atoms with van der Waals surface area (Å²) >= 11 is 0. The first kappa shape index (κ1) is 44.3. The third-order valence-corrected chi connectivity index (χ3v) is 8.66. The van der Waals surface area contributed by atoms with Gasteiger partial charge in [0.25, 0.3) is 0 Å². The Kier molecular flexibility index (Phi) is 34.8. The topological polar surface area (TPSA) is 89.8 Å². The van der Waals surface area contributed by atoms with Crippen molar-refractivity contribution >= 4 is 5.91 Å². The van der Waals surface area contributed by atoms with Gasteiger partial charge in [0.15, 0.2) is 0 Å². The van der Waals surface area contributed by atoms with Crippen molar-refractivity contribution in [2.45, 2.75) is 199 Å². The van der Waals surface area contributed by atoms with E-state index in [4.69, 9.17) is 0 Å². The van der Waals surface area contributed by atoms with Gasteiger partial charge in [-0.25, -0.2) is 0 Å². The van der Waals surface area contributed by atoms with Gasteiger partial charge in [-0.15, -0.1) is 0 Å². The monoisotopic (exact) mass is 646 g/mol. The van der Waals surface area contributed by atoms with Crippen molar-refractivity contribution in [3.8, 4) is 0 Å². The zero-order valence-electron chi connectivity index (χ0n) is 30.2. The first-order chi connectivity index (χ1) is 22.6. The minimum atomic E-state index is -1.17. The Bertz CT molecular complexity index is 760. The molecule has 3 unspecified atom stereocenters. The van der Waals surface area contributed by atoms with Gasteiger partial charge in [-0.1, -0.05) is 146 Å². The fraction of sp³-hybridized carbons (Fsp3) is 0.780. The highest BCUT2D eigenvalue weighted by Crippen LogP contribution is 2.14. The van der Waals surface area contributed by atoms with E-state index < -0.39 is 18.2 Å². The first-order valence-corrected chi connectivity index (χ1v) is 19.4. The van der Waals surface area contributed by atoms with Crippen molar-refractivity contribution in [2.24, 2.45) is 0 Å². The van der Waals surface area contributed by atoms with Crippen LogP contribution in [0.15, 0.2) is 48.6 Å². The number of allylic oxidation sites excluding steroid dienone is 8. The van der Waals surface area contributed by atoms with Crippen molar-refractivity contribution < 1.29 is 20.1 Å². The van der Waals surface area contributed by atoms with Crippen LogP contribution >= 0.6 is 0 Å². The molecule has 0 radical (unpaired) electrons. The zero-order valence-corrected chi connectivity index (χ0v) is 30.2. The normalized spacial score (nSPS) is 14.3. The summed E-state index contributed by atoms with van der Waals surface area (Å²) in [7, 11) is 0. The molecule has 268 valence electrons. The fourth-order valence-corrected chi connectivity index (χ4v) is 5.58. The number of carbonyl (C=O) groups is 1. The molecule has 0 heterocycles. The van der Waals surface area contributed by atoms with E-state index in [0.29, 0.717) is 12.8 Å². The van der Waals surface area contributed by atoms with Crippen molar-refractivity contribution in [1.82, 2.24) is 5.32 Å². The molecule has 0 saturated heterocycles. The van der Waals surface area contributed by atoms with Gasteiger partial charge in [-0.2, -0.15) is 0 Å².